The van der Waals surface area contributed by atoms with Gasteiger partial charge in [0.25, 0.3) is 11.8 Å². The average Bonchev–Trinajstić information content (AvgIpc) is 3.16. The third kappa shape index (κ3) is 4.71. The second kappa shape index (κ2) is 9.62. The Morgan fingerprint density at radius 1 is 0.971 bits per heavy atom. The monoisotopic (exact) mass is 494 g/mol. The third-order valence-corrected chi connectivity index (χ3v) is 6.78. The van der Waals surface area contributed by atoms with Crippen LogP contribution in [0.25, 0.3) is 0 Å². The number of carbonyl (C=O) groups is 2. The summed E-state index contributed by atoms with van der Waals surface area (Å²) >= 11 is 6.60. The van der Waals surface area contributed by atoms with Gasteiger partial charge in [-0.05, 0) is 31.5 Å². The summed E-state index contributed by atoms with van der Waals surface area (Å²) in [7, 11) is 0. The highest BCUT2D eigenvalue weighted by Crippen LogP contribution is 2.31. The Balaban J connectivity index is 1.21. The van der Waals surface area contributed by atoms with Gasteiger partial charge in [0, 0.05) is 26.2 Å². The first-order valence-electron chi connectivity index (χ1n) is 11.7. The van der Waals surface area contributed by atoms with E-state index in [1.807, 2.05) is 49.4 Å². The Hall–Kier alpha value is -3.52. The second-order valence-corrected chi connectivity index (χ2v) is 9.23. The number of halogens is 1. The first-order chi connectivity index (χ1) is 16.9. The summed E-state index contributed by atoms with van der Waals surface area (Å²) in [5, 5.41) is 4.84. The smallest absolute Gasteiger partial charge is 0.267 e. The molecule has 2 aliphatic heterocycles. The maximum Gasteiger partial charge on any atom is 0.267 e. The van der Waals surface area contributed by atoms with Crippen LogP contribution in [0.3, 0.4) is 0 Å². The van der Waals surface area contributed by atoms with Gasteiger partial charge < -0.3 is 19.3 Å². The lowest BCUT2D eigenvalue weighted by atomic mass is 10.1. The predicted molar refractivity (Wildman–Crippen MR) is 131 cm³/mol. The van der Waals surface area contributed by atoms with Crippen molar-refractivity contribution in [1.82, 2.24) is 19.6 Å². The fourth-order valence-corrected chi connectivity index (χ4v) is 4.72. The van der Waals surface area contributed by atoms with Gasteiger partial charge in [-0.2, -0.15) is 5.10 Å². The number of fused-ring (bicyclic) bond motifs is 1. The number of amides is 2. The van der Waals surface area contributed by atoms with Gasteiger partial charge in [0.05, 0.1) is 17.8 Å². The van der Waals surface area contributed by atoms with Crippen molar-refractivity contribution in [2.45, 2.75) is 26.5 Å². The lowest BCUT2D eigenvalue weighted by molar-refractivity contribution is -0.142. The zero-order valence-electron chi connectivity index (χ0n) is 19.7. The summed E-state index contributed by atoms with van der Waals surface area (Å²) in [6, 6.07) is 15.4. The van der Waals surface area contributed by atoms with Crippen molar-refractivity contribution < 1.29 is 19.1 Å². The molecule has 3 heterocycles. The molecule has 0 saturated carbocycles. The van der Waals surface area contributed by atoms with Crippen LogP contribution in [0.5, 0.6) is 11.5 Å². The molecule has 1 saturated heterocycles. The van der Waals surface area contributed by atoms with E-state index >= 15 is 0 Å². The molecule has 0 N–H and O–H groups in total. The molecule has 0 radical (unpaired) electrons. The van der Waals surface area contributed by atoms with Crippen LogP contribution < -0.4 is 9.47 Å². The molecule has 1 atom stereocenters. The number of carbonyl (C=O) groups excluding carboxylic acids is 2. The van der Waals surface area contributed by atoms with Gasteiger partial charge in [0.1, 0.15) is 11.8 Å². The number of para-hydroxylation sites is 2. The summed E-state index contributed by atoms with van der Waals surface area (Å²) in [4.78, 5) is 29.8. The zero-order chi connectivity index (χ0) is 24.5. The molecule has 1 fully saturated rings. The minimum Gasteiger partial charge on any atom is -0.485 e. The van der Waals surface area contributed by atoms with Gasteiger partial charge in [-0.3, -0.25) is 9.59 Å². The number of aryl methyl sites for hydroxylation is 2. The van der Waals surface area contributed by atoms with Crippen molar-refractivity contribution in [1.29, 1.82) is 0 Å². The number of hydrogen-bond acceptors (Lipinski definition) is 5. The summed E-state index contributed by atoms with van der Waals surface area (Å²) in [5.41, 5.74) is 3.25. The van der Waals surface area contributed by atoms with E-state index in [9.17, 15) is 9.59 Å². The van der Waals surface area contributed by atoms with Gasteiger partial charge in [0.15, 0.2) is 11.5 Å². The highest BCUT2D eigenvalue weighted by molar-refractivity contribution is 6.33. The third-order valence-electron chi connectivity index (χ3n) is 6.39. The van der Waals surface area contributed by atoms with Crippen molar-refractivity contribution in [2.75, 3.05) is 32.8 Å². The molecule has 1 aromatic heterocycles. The van der Waals surface area contributed by atoms with E-state index in [0.29, 0.717) is 60.6 Å². The molecular formula is C26H27ClN4O4. The maximum atomic E-state index is 13.3. The second-order valence-electron chi connectivity index (χ2n) is 8.88. The normalized spacial score (nSPS) is 17.4. The molecule has 8 nitrogen and oxygen atoms in total. The Kier molecular flexibility index (Phi) is 6.38. The van der Waals surface area contributed by atoms with Crippen LogP contribution in [0.1, 0.15) is 27.2 Å². The fraction of sp³-hybridized carbons (Fsp3) is 0.346. The number of hydrogen-bond donors (Lipinski definition) is 0. The molecule has 2 amide bonds. The lowest BCUT2D eigenvalue weighted by Gasteiger charge is -2.37. The Morgan fingerprint density at radius 3 is 2.34 bits per heavy atom. The van der Waals surface area contributed by atoms with E-state index in [0.717, 1.165) is 5.56 Å². The van der Waals surface area contributed by atoms with Gasteiger partial charge in [-0.15, -0.1) is 0 Å². The number of rotatable bonds is 4. The molecule has 0 spiro atoms. The highest BCUT2D eigenvalue weighted by atomic mass is 35.5. The average molecular weight is 495 g/mol. The zero-order valence-corrected chi connectivity index (χ0v) is 20.5. The van der Waals surface area contributed by atoms with Gasteiger partial charge in [-0.1, -0.05) is 53.6 Å². The van der Waals surface area contributed by atoms with Crippen LogP contribution in [-0.2, 0) is 11.3 Å². The minimum absolute atomic E-state index is 0.133. The van der Waals surface area contributed by atoms with E-state index in [1.165, 1.54) is 5.56 Å². The quantitative estimate of drug-likeness (QED) is 0.556. The SMILES string of the molecule is Cc1ccc(Cn2nc(C)c(C(=O)N3CCN(C(=O)C4COc5ccccc5O4)CC3)c2Cl)cc1. The van der Waals surface area contributed by atoms with Crippen molar-refractivity contribution in [3.63, 3.8) is 0 Å². The molecule has 2 aromatic carbocycles. The van der Waals surface area contributed by atoms with Crippen LogP contribution >= 0.6 is 11.6 Å². The van der Waals surface area contributed by atoms with Crippen LogP contribution in [0.15, 0.2) is 48.5 Å². The molecule has 0 bridgehead atoms. The van der Waals surface area contributed by atoms with Crippen LogP contribution in [0.4, 0.5) is 0 Å². The van der Waals surface area contributed by atoms with E-state index in [4.69, 9.17) is 21.1 Å². The van der Waals surface area contributed by atoms with Gasteiger partial charge >= 0.3 is 0 Å². The van der Waals surface area contributed by atoms with Crippen LogP contribution in [0, 0.1) is 13.8 Å². The number of benzene rings is 2. The van der Waals surface area contributed by atoms with Gasteiger partial charge in [0.2, 0.25) is 6.10 Å². The molecule has 182 valence electrons. The summed E-state index contributed by atoms with van der Waals surface area (Å²) in [6.07, 6.45) is -0.691. The standard InChI is InChI=1S/C26H27ClN4O4/c1-17-7-9-19(10-8-17)15-31-24(27)23(18(2)28-31)26(33)30-13-11-29(12-14-30)25(32)22-16-34-20-5-3-4-6-21(20)35-22/h3-10,22H,11-16H2,1-2H3. The van der Waals surface area contributed by atoms with E-state index in [2.05, 4.69) is 5.10 Å². The molecular weight excluding hydrogens is 468 g/mol. The van der Waals surface area contributed by atoms with Crippen molar-refractivity contribution >= 4 is 23.4 Å². The summed E-state index contributed by atoms with van der Waals surface area (Å²) in [6.45, 7) is 6.14. The van der Waals surface area contributed by atoms with E-state index in [-0.39, 0.29) is 18.4 Å². The summed E-state index contributed by atoms with van der Waals surface area (Å²) < 4.78 is 13.2. The summed E-state index contributed by atoms with van der Waals surface area (Å²) in [5.74, 6) is 0.911. The van der Waals surface area contributed by atoms with Crippen molar-refractivity contribution in [2.24, 2.45) is 0 Å². The molecule has 1 unspecified atom stereocenters. The number of ether oxygens (including phenoxy) is 2. The number of piperazine rings is 1. The first-order valence-corrected chi connectivity index (χ1v) is 12.0. The molecule has 35 heavy (non-hydrogen) atoms. The molecule has 0 aliphatic carbocycles. The van der Waals surface area contributed by atoms with E-state index in [1.54, 1.807) is 27.5 Å². The molecule has 5 rings (SSSR count). The largest absolute Gasteiger partial charge is 0.485 e. The van der Waals surface area contributed by atoms with Gasteiger partial charge in [-0.25, -0.2) is 4.68 Å². The maximum absolute atomic E-state index is 13.3. The number of aromatic nitrogens is 2. The number of nitrogens with zero attached hydrogens (tertiary/aromatic N) is 4. The van der Waals surface area contributed by atoms with E-state index < -0.39 is 6.10 Å². The molecule has 2 aliphatic rings. The molecule has 3 aromatic rings. The van der Waals surface area contributed by atoms with Crippen LogP contribution in [-0.4, -0.2) is 70.3 Å². The van der Waals surface area contributed by atoms with Crippen molar-refractivity contribution in [3.05, 3.63) is 76.1 Å². The topological polar surface area (TPSA) is 76.9 Å². The van der Waals surface area contributed by atoms with Crippen LogP contribution in [0.2, 0.25) is 5.15 Å². The Labute approximate surface area is 209 Å². The highest BCUT2D eigenvalue weighted by Gasteiger charge is 2.34. The Morgan fingerprint density at radius 2 is 1.63 bits per heavy atom. The Bertz CT molecular complexity index is 1250. The molecule has 9 heteroatoms. The van der Waals surface area contributed by atoms with Crippen molar-refractivity contribution in [3.8, 4) is 11.5 Å². The fourth-order valence-electron chi connectivity index (χ4n) is 4.40. The minimum atomic E-state index is -0.691. The first kappa shape index (κ1) is 23.2. The predicted octanol–water partition coefficient (Wildman–Crippen LogP) is 3.33. The lowest BCUT2D eigenvalue weighted by Crippen LogP contribution is -2.55.